The van der Waals surface area contributed by atoms with Crippen molar-refractivity contribution >= 4 is 16.8 Å². The zero-order valence-corrected chi connectivity index (χ0v) is 11.8. The monoisotopic (exact) mass is 260 g/mol. The summed E-state index contributed by atoms with van der Waals surface area (Å²) < 4.78 is 5.01. The van der Waals surface area contributed by atoms with Crippen molar-refractivity contribution in [3.63, 3.8) is 0 Å². The van der Waals surface area contributed by atoms with Gasteiger partial charge in [0.15, 0.2) is 0 Å². The highest BCUT2D eigenvalue weighted by atomic mass is 16.5. The molecule has 102 valence electrons. The second kappa shape index (κ2) is 5.45. The second-order valence-corrected chi connectivity index (χ2v) is 5.06. The zero-order valence-electron chi connectivity index (χ0n) is 11.8. The van der Waals surface area contributed by atoms with Crippen LogP contribution in [0.2, 0.25) is 0 Å². The number of benzene rings is 1. The van der Waals surface area contributed by atoms with Gasteiger partial charge in [-0.3, -0.25) is 4.79 Å². The van der Waals surface area contributed by atoms with E-state index in [-0.39, 0.29) is 11.9 Å². The standard InChI is InChI=1S/C15H20N2O2/c1-9-5-10(2)12-7-14(17-13(12)6-9)15(18)16-11(3)8-19-4/h5-7,11,17H,8H2,1-4H3,(H,16,18)/t11-/m1/s1. The smallest absolute Gasteiger partial charge is 0.268 e. The number of nitrogens with one attached hydrogen (secondary N) is 2. The van der Waals surface area contributed by atoms with Crippen molar-refractivity contribution in [2.45, 2.75) is 26.8 Å². The predicted molar refractivity (Wildman–Crippen MR) is 76.6 cm³/mol. The lowest BCUT2D eigenvalue weighted by Gasteiger charge is -2.11. The van der Waals surface area contributed by atoms with Crippen LogP contribution in [0.25, 0.3) is 10.9 Å². The molecule has 0 fully saturated rings. The number of amides is 1. The maximum atomic E-state index is 12.1. The number of carbonyl (C=O) groups excluding carboxylic acids is 1. The number of hydrogen-bond donors (Lipinski definition) is 2. The van der Waals surface area contributed by atoms with Crippen LogP contribution in [0.5, 0.6) is 0 Å². The van der Waals surface area contributed by atoms with Crippen molar-refractivity contribution in [2.24, 2.45) is 0 Å². The van der Waals surface area contributed by atoms with E-state index in [4.69, 9.17) is 4.74 Å². The molecular formula is C15H20N2O2. The summed E-state index contributed by atoms with van der Waals surface area (Å²) in [4.78, 5) is 15.3. The molecule has 1 aromatic carbocycles. The highest BCUT2D eigenvalue weighted by Gasteiger charge is 2.13. The van der Waals surface area contributed by atoms with E-state index in [0.29, 0.717) is 12.3 Å². The molecule has 4 heteroatoms. The molecule has 0 saturated carbocycles. The van der Waals surface area contributed by atoms with E-state index < -0.39 is 0 Å². The molecule has 1 amide bonds. The number of aromatic amines is 1. The van der Waals surface area contributed by atoms with Gasteiger partial charge in [-0.2, -0.15) is 0 Å². The van der Waals surface area contributed by atoms with Gasteiger partial charge < -0.3 is 15.0 Å². The van der Waals surface area contributed by atoms with Gasteiger partial charge in [-0.25, -0.2) is 0 Å². The number of carbonyl (C=O) groups is 1. The van der Waals surface area contributed by atoms with E-state index in [1.165, 1.54) is 11.1 Å². The molecular weight excluding hydrogens is 240 g/mol. The van der Waals surface area contributed by atoms with Crippen LogP contribution in [-0.4, -0.2) is 30.6 Å². The quantitative estimate of drug-likeness (QED) is 0.887. The first kappa shape index (κ1) is 13.6. The fourth-order valence-corrected chi connectivity index (χ4v) is 2.31. The first-order chi connectivity index (χ1) is 9.01. The average molecular weight is 260 g/mol. The van der Waals surface area contributed by atoms with E-state index in [9.17, 15) is 4.79 Å². The van der Waals surface area contributed by atoms with Crippen LogP contribution < -0.4 is 5.32 Å². The third-order valence-electron chi connectivity index (χ3n) is 3.13. The van der Waals surface area contributed by atoms with Crippen LogP contribution in [0.3, 0.4) is 0 Å². The Morgan fingerprint density at radius 2 is 2.11 bits per heavy atom. The van der Waals surface area contributed by atoms with Gasteiger partial charge in [-0.15, -0.1) is 0 Å². The molecule has 0 unspecified atom stereocenters. The molecule has 0 saturated heterocycles. The van der Waals surface area contributed by atoms with Gasteiger partial charge in [0.2, 0.25) is 0 Å². The normalized spacial score (nSPS) is 12.6. The molecule has 4 nitrogen and oxygen atoms in total. The second-order valence-electron chi connectivity index (χ2n) is 5.06. The highest BCUT2D eigenvalue weighted by Crippen LogP contribution is 2.21. The summed E-state index contributed by atoms with van der Waals surface area (Å²) in [7, 11) is 1.62. The fourth-order valence-electron chi connectivity index (χ4n) is 2.31. The number of aryl methyl sites for hydroxylation is 2. The number of H-pyrrole nitrogens is 1. The summed E-state index contributed by atoms with van der Waals surface area (Å²) in [6, 6.07) is 6.06. The molecule has 0 aliphatic carbocycles. The number of fused-ring (bicyclic) bond motifs is 1. The summed E-state index contributed by atoms with van der Waals surface area (Å²) in [5.41, 5.74) is 3.95. The van der Waals surface area contributed by atoms with Crippen molar-refractivity contribution < 1.29 is 9.53 Å². The molecule has 1 heterocycles. The molecule has 2 N–H and O–H groups in total. The number of hydrogen-bond acceptors (Lipinski definition) is 2. The van der Waals surface area contributed by atoms with Crippen LogP contribution in [0, 0.1) is 13.8 Å². The lowest BCUT2D eigenvalue weighted by molar-refractivity contribution is 0.0901. The first-order valence-electron chi connectivity index (χ1n) is 6.41. The molecule has 2 rings (SSSR count). The van der Waals surface area contributed by atoms with E-state index >= 15 is 0 Å². The SMILES string of the molecule is COC[C@@H](C)NC(=O)c1cc2c(C)cc(C)cc2[nH]1. The van der Waals surface area contributed by atoms with Crippen molar-refractivity contribution in [2.75, 3.05) is 13.7 Å². The van der Waals surface area contributed by atoms with Gasteiger partial charge in [0, 0.05) is 24.1 Å². The number of ether oxygens (including phenoxy) is 1. The van der Waals surface area contributed by atoms with Crippen LogP contribution in [0.1, 0.15) is 28.5 Å². The van der Waals surface area contributed by atoms with E-state index in [1.54, 1.807) is 7.11 Å². The Kier molecular flexibility index (Phi) is 3.90. The summed E-state index contributed by atoms with van der Waals surface area (Å²) in [6.45, 7) is 6.52. The average Bonchev–Trinajstić information content (AvgIpc) is 2.73. The summed E-state index contributed by atoms with van der Waals surface area (Å²) >= 11 is 0. The lowest BCUT2D eigenvalue weighted by Crippen LogP contribution is -2.35. The molecule has 0 aliphatic heterocycles. The highest BCUT2D eigenvalue weighted by molar-refractivity contribution is 5.99. The Morgan fingerprint density at radius 1 is 1.37 bits per heavy atom. The van der Waals surface area contributed by atoms with Gasteiger partial charge in [0.05, 0.1) is 6.61 Å². The number of aromatic nitrogens is 1. The maximum absolute atomic E-state index is 12.1. The van der Waals surface area contributed by atoms with Crippen LogP contribution in [-0.2, 0) is 4.74 Å². The Bertz CT molecular complexity index is 601. The molecule has 0 bridgehead atoms. The molecule has 0 spiro atoms. The van der Waals surface area contributed by atoms with E-state index in [2.05, 4.69) is 29.4 Å². The van der Waals surface area contributed by atoms with E-state index in [1.807, 2.05) is 19.9 Å². The third kappa shape index (κ3) is 2.96. The molecule has 2 aromatic rings. The minimum Gasteiger partial charge on any atom is -0.383 e. The minimum absolute atomic E-state index is 0.00764. The van der Waals surface area contributed by atoms with Crippen molar-refractivity contribution in [1.82, 2.24) is 10.3 Å². The molecule has 1 atom stereocenters. The van der Waals surface area contributed by atoms with Gasteiger partial charge in [-0.1, -0.05) is 6.07 Å². The van der Waals surface area contributed by atoms with Gasteiger partial charge in [-0.05, 0) is 44.0 Å². The van der Waals surface area contributed by atoms with Gasteiger partial charge >= 0.3 is 0 Å². The minimum atomic E-state index is -0.0993. The van der Waals surface area contributed by atoms with E-state index in [0.717, 1.165) is 10.9 Å². The van der Waals surface area contributed by atoms with Crippen LogP contribution in [0.4, 0.5) is 0 Å². The van der Waals surface area contributed by atoms with Gasteiger partial charge in [0.1, 0.15) is 5.69 Å². The summed E-state index contributed by atoms with van der Waals surface area (Å²) in [5, 5.41) is 3.99. The Hall–Kier alpha value is -1.81. The molecule has 0 aliphatic rings. The fraction of sp³-hybridized carbons (Fsp3) is 0.400. The molecule has 0 radical (unpaired) electrons. The largest absolute Gasteiger partial charge is 0.383 e. The lowest BCUT2D eigenvalue weighted by atomic mass is 10.1. The Morgan fingerprint density at radius 3 is 2.79 bits per heavy atom. The summed E-state index contributed by atoms with van der Waals surface area (Å²) in [5.74, 6) is -0.0993. The van der Waals surface area contributed by atoms with Crippen molar-refractivity contribution in [3.8, 4) is 0 Å². The maximum Gasteiger partial charge on any atom is 0.268 e. The van der Waals surface area contributed by atoms with Crippen LogP contribution >= 0.6 is 0 Å². The predicted octanol–water partition coefficient (Wildman–Crippen LogP) is 2.55. The molecule has 1 aromatic heterocycles. The Balaban J connectivity index is 2.26. The summed E-state index contributed by atoms with van der Waals surface area (Å²) in [6.07, 6.45) is 0. The zero-order chi connectivity index (χ0) is 14.0. The first-order valence-corrected chi connectivity index (χ1v) is 6.41. The van der Waals surface area contributed by atoms with Crippen molar-refractivity contribution in [1.29, 1.82) is 0 Å². The number of rotatable bonds is 4. The topological polar surface area (TPSA) is 54.1 Å². The van der Waals surface area contributed by atoms with Gasteiger partial charge in [0.25, 0.3) is 5.91 Å². The third-order valence-corrected chi connectivity index (χ3v) is 3.13. The number of methoxy groups -OCH3 is 1. The van der Waals surface area contributed by atoms with Crippen LogP contribution in [0.15, 0.2) is 18.2 Å². The van der Waals surface area contributed by atoms with Crippen molar-refractivity contribution in [3.05, 3.63) is 35.0 Å². The molecule has 19 heavy (non-hydrogen) atoms. The Labute approximate surface area is 113 Å².